The Kier molecular flexibility index (Phi) is 24.3. The number of methoxy groups -OCH3 is 1. The number of H-pyrrole nitrogens is 1. The van der Waals surface area contributed by atoms with E-state index in [0.29, 0.717) is 123 Å². The van der Waals surface area contributed by atoms with Gasteiger partial charge >= 0.3 is 18.4 Å². The number of aromatic amines is 1. The lowest BCUT2D eigenvalue weighted by atomic mass is 10.0. The number of aromatic nitrogens is 1. The number of rotatable bonds is 34. The van der Waals surface area contributed by atoms with E-state index < -0.39 is 35.7 Å². The highest BCUT2D eigenvalue weighted by Gasteiger charge is 2.35. The zero-order valence-corrected chi connectivity index (χ0v) is 35.4. The molecule has 0 aliphatic carbocycles. The van der Waals surface area contributed by atoms with Crippen LogP contribution in [-0.4, -0.2) is 176 Å². The summed E-state index contributed by atoms with van der Waals surface area (Å²) in [6, 6.07) is 10.9. The number of benzene rings is 2. The summed E-state index contributed by atoms with van der Waals surface area (Å²) in [5.74, 6) is 0. The van der Waals surface area contributed by atoms with E-state index in [2.05, 4.69) is 4.98 Å². The van der Waals surface area contributed by atoms with E-state index in [1.165, 1.54) is 41.3 Å². The number of carbonyl (C=O) groups is 2. The molecule has 1 N–H and O–H groups in total. The number of nitrogens with zero attached hydrogens (tertiary/aromatic N) is 1. The quantitative estimate of drug-likeness (QED) is 0.0651. The SMILES string of the molecule is COCCOCCOCCOCCOCCOCCOCCOCCOCCOCCOC(=O)OCC1CN(c2ccc3cc(-c4ccccc4C(F)(F)F)[nH]c(=O)c3c2)C(=O)O1. The molecule has 1 aliphatic rings. The second-order valence-corrected chi connectivity index (χ2v) is 13.4. The van der Waals surface area contributed by atoms with Crippen molar-refractivity contribution in [2.45, 2.75) is 12.3 Å². The van der Waals surface area contributed by atoms with Gasteiger partial charge in [-0.2, -0.15) is 13.2 Å². The molecule has 1 fully saturated rings. The Morgan fingerprint density at radius 1 is 0.651 bits per heavy atom. The largest absolute Gasteiger partial charge is 0.508 e. The second kappa shape index (κ2) is 29.9. The Hall–Kier alpha value is -4.42. The Labute approximate surface area is 362 Å². The molecule has 1 saturated heterocycles. The molecule has 0 spiro atoms. The molecule has 1 aromatic heterocycles. The molecule has 1 unspecified atom stereocenters. The molecule has 352 valence electrons. The number of cyclic esters (lactones) is 1. The van der Waals surface area contributed by atoms with Crippen LogP contribution in [0.2, 0.25) is 0 Å². The summed E-state index contributed by atoms with van der Waals surface area (Å²) in [5.41, 5.74) is -1.37. The number of pyridine rings is 1. The van der Waals surface area contributed by atoms with E-state index in [9.17, 15) is 27.6 Å². The van der Waals surface area contributed by atoms with Gasteiger partial charge < -0.3 is 66.6 Å². The Morgan fingerprint density at radius 3 is 1.62 bits per heavy atom. The molecular formula is C42H57F3N2O16. The van der Waals surface area contributed by atoms with Crippen LogP contribution in [0.15, 0.2) is 53.3 Å². The number of nitrogens with one attached hydrogen (secondary N) is 1. The number of fused-ring (bicyclic) bond motifs is 1. The minimum atomic E-state index is -4.62. The predicted molar refractivity (Wildman–Crippen MR) is 219 cm³/mol. The maximum atomic E-state index is 13.6. The van der Waals surface area contributed by atoms with Crippen molar-refractivity contribution in [3.8, 4) is 11.3 Å². The van der Waals surface area contributed by atoms with Gasteiger partial charge in [0, 0.05) is 29.4 Å². The summed E-state index contributed by atoms with van der Waals surface area (Å²) in [7, 11) is 1.63. The van der Waals surface area contributed by atoms with Gasteiger partial charge in [0.2, 0.25) is 0 Å². The molecule has 1 atom stereocenters. The standard InChI is InChI=1S/C42H57F3N2O16/c1-51-8-9-52-10-11-53-12-13-54-14-15-55-16-17-56-18-19-57-20-21-58-22-23-59-24-25-60-26-27-61-41(50)62-31-34-30-47(40(49)63-34)33-7-6-32-28-38(46-39(48)36(32)29-33)35-4-2-3-5-37(35)42(43,44)45/h2-7,28-29,34H,8-27,30-31H2,1H3,(H,46,48). The summed E-state index contributed by atoms with van der Waals surface area (Å²) in [5, 5.41) is 0.527. The van der Waals surface area contributed by atoms with E-state index in [1.807, 2.05) is 0 Å². The number of anilines is 1. The van der Waals surface area contributed by atoms with E-state index >= 15 is 0 Å². The lowest BCUT2D eigenvalue weighted by Crippen LogP contribution is -2.27. The summed E-state index contributed by atoms with van der Waals surface area (Å²) in [6.45, 7) is 7.86. The van der Waals surface area contributed by atoms with Gasteiger partial charge in [-0.1, -0.05) is 24.3 Å². The number of halogens is 3. The smallest absolute Gasteiger partial charge is 0.440 e. The lowest BCUT2D eigenvalue weighted by molar-refractivity contribution is -0.137. The molecule has 2 aromatic carbocycles. The molecule has 18 nitrogen and oxygen atoms in total. The van der Waals surface area contributed by atoms with Crippen LogP contribution in [-0.2, 0) is 67.8 Å². The lowest BCUT2D eigenvalue weighted by Gasteiger charge is -2.15. The van der Waals surface area contributed by atoms with Crippen molar-refractivity contribution in [1.29, 1.82) is 0 Å². The summed E-state index contributed by atoms with van der Waals surface area (Å²) in [4.78, 5) is 41.4. The third-order valence-electron chi connectivity index (χ3n) is 8.78. The molecule has 21 heteroatoms. The average Bonchev–Trinajstić information content (AvgIpc) is 3.65. The Morgan fingerprint density at radius 2 is 1.13 bits per heavy atom. The third kappa shape index (κ3) is 19.9. The molecule has 0 saturated carbocycles. The molecular weight excluding hydrogens is 845 g/mol. The highest BCUT2D eigenvalue weighted by Crippen LogP contribution is 2.37. The fourth-order valence-corrected chi connectivity index (χ4v) is 5.74. The topological polar surface area (TPSA) is 190 Å². The van der Waals surface area contributed by atoms with Crippen LogP contribution < -0.4 is 10.5 Å². The van der Waals surface area contributed by atoms with Gasteiger partial charge in [0.05, 0.1) is 138 Å². The Balaban J connectivity index is 0.920. The minimum absolute atomic E-state index is 0.00122. The average molecular weight is 903 g/mol. The predicted octanol–water partition coefficient (Wildman–Crippen LogP) is 4.49. The van der Waals surface area contributed by atoms with E-state index in [-0.39, 0.29) is 49.6 Å². The molecule has 1 aliphatic heterocycles. The van der Waals surface area contributed by atoms with Crippen molar-refractivity contribution in [2.24, 2.45) is 0 Å². The number of ether oxygens (including phenoxy) is 13. The summed E-state index contributed by atoms with van der Waals surface area (Å²) in [6.07, 6.45) is -7.15. The summed E-state index contributed by atoms with van der Waals surface area (Å²) >= 11 is 0. The van der Waals surface area contributed by atoms with E-state index in [4.69, 9.17) is 61.6 Å². The van der Waals surface area contributed by atoms with E-state index in [1.54, 1.807) is 13.2 Å². The maximum Gasteiger partial charge on any atom is 0.508 e. The van der Waals surface area contributed by atoms with Crippen molar-refractivity contribution in [2.75, 3.05) is 157 Å². The maximum absolute atomic E-state index is 13.6. The van der Waals surface area contributed by atoms with Gasteiger partial charge in [-0.3, -0.25) is 9.69 Å². The van der Waals surface area contributed by atoms with Crippen LogP contribution in [0, 0.1) is 0 Å². The van der Waals surface area contributed by atoms with Crippen LogP contribution in [0.1, 0.15) is 5.56 Å². The number of hydrogen-bond acceptors (Lipinski definition) is 16. The molecule has 3 aromatic rings. The van der Waals surface area contributed by atoms with Crippen molar-refractivity contribution < 1.29 is 84.3 Å². The fourth-order valence-electron chi connectivity index (χ4n) is 5.74. The van der Waals surface area contributed by atoms with Gasteiger partial charge in [-0.05, 0) is 29.7 Å². The van der Waals surface area contributed by atoms with Crippen LogP contribution in [0.3, 0.4) is 0 Å². The van der Waals surface area contributed by atoms with Crippen molar-refractivity contribution >= 4 is 28.7 Å². The molecule has 4 rings (SSSR count). The minimum Gasteiger partial charge on any atom is -0.440 e. The third-order valence-corrected chi connectivity index (χ3v) is 8.78. The molecule has 0 radical (unpaired) electrons. The normalized spacial score (nSPS) is 14.1. The highest BCUT2D eigenvalue weighted by molar-refractivity contribution is 5.94. The molecule has 0 bridgehead atoms. The first kappa shape index (κ1) is 51.2. The van der Waals surface area contributed by atoms with E-state index in [0.717, 1.165) is 6.07 Å². The van der Waals surface area contributed by atoms with Crippen molar-refractivity contribution in [1.82, 2.24) is 4.98 Å². The monoisotopic (exact) mass is 902 g/mol. The highest BCUT2D eigenvalue weighted by atomic mass is 19.4. The summed E-state index contributed by atoms with van der Waals surface area (Å²) < 4.78 is 110. The number of hydrogen-bond donors (Lipinski definition) is 1. The first-order valence-corrected chi connectivity index (χ1v) is 20.5. The van der Waals surface area contributed by atoms with Crippen LogP contribution in [0.25, 0.3) is 22.0 Å². The number of alkyl halides is 3. The fraction of sp³-hybridized carbons (Fsp3) is 0.595. The van der Waals surface area contributed by atoms with Gasteiger partial charge in [0.25, 0.3) is 5.56 Å². The van der Waals surface area contributed by atoms with Crippen molar-refractivity contribution in [3.63, 3.8) is 0 Å². The van der Waals surface area contributed by atoms with Crippen LogP contribution >= 0.6 is 0 Å². The van der Waals surface area contributed by atoms with Gasteiger partial charge in [0.15, 0.2) is 6.10 Å². The van der Waals surface area contributed by atoms with Gasteiger partial charge in [0.1, 0.15) is 13.2 Å². The van der Waals surface area contributed by atoms with Crippen molar-refractivity contribution in [3.05, 3.63) is 64.4 Å². The van der Waals surface area contributed by atoms with Crippen LogP contribution in [0.5, 0.6) is 0 Å². The second-order valence-electron chi connectivity index (χ2n) is 13.4. The van der Waals surface area contributed by atoms with Crippen LogP contribution in [0.4, 0.5) is 28.4 Å². The molecule has 1 amide bonds. The van der Waals surface area contributed by atoms with Gasteiger partial charge in [-0.25, -0.2) is 9.59 Å². The molecule has 2 heterocycles. The number of carbonyl (C=O) groups excluding carboxylic acids is 2. The first-order valence-electron chi connectivity index (χ1n) is 20.5. The number of amides is 1. The Bertz CT molecular complexity index is 1820. The first-order chi connectivity index (χ1) is 30.7. The molecule has 63 heavy (non-hydrogen) atoms. The zero-order chi connectivity index (χ0) is 45.0. The van der Waals surface area contributed by atoms with Gasteiger partial charge in [-0.15, -0.1) is 0 Å². The zero-order valence-electron chi connectivity index (χ0n) is 35.4.